The second-order valence-electron chi connectivity index (χ2n) is 9.66. The normalized spacial score (nSPS) is 18.2. The average Bonchev–Trinajstić information content (AvgIpc) is 2.88. The van der Waals surface area contributed by atoms with Crippen molar-refractivity contribution in [2.24, 2.45) is 11.8 Å². The van der Waals surface area contributed by atoms with Gasteiger partial charge in [0.1, 0.15) is 21.5 Å². The number of anilines is 1. The van der Waals surface area contributed by atoms with Gasteiger partial charge in [0.15, 0.2) is 0 Å². The molecule has 36 heavy (non-hydrogen) atoms. The topological polar surface area (TPSA) is 72.0 Å². The zero-order valence-electron chi connectivity index (χ0n) is 20.6. The second kappa shape index (κ2) is 12.2. The van der Waals surface area contributed by atoms with Crippen LogP contribution in [-0.2, 0) is 22.8 Å². The number of halogens is 2. The predicted octanol–water partition coefficient (Wildman–Crippen LogP) is 6.72. The molecule has 0 amide bonds. The van der Waals surface area contributed by atoms with Crippen molar-refractivity contribution in [3.8, 4) is 11.3 Å². The maximum atomic E-state index is 13.5. The van der Waals surface area contributed by atoms with E-state index in [1.54, 1.807) is 19.2 Å². The summed E-state index contributed by atoms with van der Waals surface area (Å²) in [5.41, 5.74) is 3.43. The summed E-state index contributed by atoms with van der Waals surface area (Å²) in [4.78, 5) is 9.29. The smallest absolute Gasteiger partial charge is 0.150 e. The Morgan fingerprint density at radius 3 is 2.56 bits per heavy atom. The van der Waals surface area contributed by atoms with Gasteiger partial charge in [-0.3, -0.25) is 4.98 Å². The Balaban J connectivity index is 1.37. The summed E-state index contributed by atoms with van der Waals surface area (Å²) in [6, 6.07) is 14.2. The van der Waals surface area contributed by atoms with Crippen LogP contribution in [0.1, 0.15) is 50.3 Å². The second-order valence-corrected chi connectivity index (χ2v) is 12.5. The maximum Gasteiger partial charge on any atom is 0.150 e. The molecule has 0 radical (unpaired) electrons. The molecule has 0 unspecified atom stereocenters. The molecule has 0 bridgehead atoms. The van der Waals surface area contributed by atoms with Crippen LogP contribution in [0.15, 0.2) is 54.7 Å². The molecular formula is C28H33ClFN3O2S. The standard InChI is InChI=1S/C28H33ClFN3O2S/c1-2-36(34,35)14-13-20-9-11-21(12-10-20)16-24-17-25(26(29)19-31-24)27-7-4-8-28(33-27)32-18-22-5-3-6-23(30)15-22/h3-8,15,17,19-21H,2,9-14,16,18H2,1H3,(H,32,33). The van der Waals surface area contributed by atoms with Gasteiger partial charge in [-0.05, 0) is 73.4 Å². The van der Waals surface area contributed by atoms with Gasteiger partial charge in [0.25, 0.3) is 0 Å². The largest absolute Gasteiger partial charge is 0.366 e. The van der Waals surface area contributed by atoms with Gasteiger partial charge in [0.2, 0.25) is 0 Å². The van der Waals surface area contributed by atoms with Crippen LogP contribution in [0, 0.1) is 17.7 Å². The molecule has 0 atom stereocenters. The first-order valence-electron chi connectivity index (χ1n) is 12.6. The lowest BCUT2D eigenvalue weighted by Gasteiger charge is -2.28. The van der Waals surface area contributed by atoms with Gasteiger partial charge in [-0.1, -0.05) is 49.6 Å². The fourth-order valence-electron chi connectivity index (χ4n) is 4.82. The molecule has 2 heterocycles. The minimum atomic E-state index is -2.89. The summed E-state index contributed by atoms with van der Waals surface area (Å²) in [6.07, 6.45) is 7.68. The average molecular weight is 530 g/mol. The molecule has 192 valence electrons. The molecule has 4 rings (SSSR count). The molecule has 0 spiro atoms. The summed E-state index contributed by atoms with van der Waals surface area (Å²) in [6.45, 7) is 2.19. The third-order valence-corrected chi connectivity index (χ3v) is 9.08. The predicted molar refractivity (Wildman–Crippen MR) is 144 cm³/mol. The molecule has 3 aromatic rings. The van der Waals surface area contributed by atoms with Gasteiger partial charge < -0.3 is 5.32 Å². The SMILES string of the molecule is CCS(=O)(=O)CCC1CCC(Cc2cc(-c3cccc(NCc4cccc(F)c4)n3)c(Cl)cn2)CC1. The van der Waals surface area contributed by atoms with E-state index in [0.717, 1.165) is 61.0 Å². The number of nitrogens with zero attached hydrogens (tertiary/aromatic N) is 2. The van der Waals surface area contributed by atoms with E-state index in [2.05, 4.69) is 10.3 Å². The van der Waals surface area contributed by atoms with Crippen LogP contribution in [0.5, 0.6) is 0 Å². The van der Waals surface area contributed by atoms with Crippen molar-refractivity contribution in [2.45, 2.75) is 52.0 Å². The summed E-state index contributed by atoms with van der Waals surface area (Å²) in [5.74, 6) is 2.01. The number of nitrogens with one attached hydrogen (secondary N) is 1. The lowest BCUT2D eigenvalue weighted by molar-refractivity contribution is 0.267. The van der Waals surface area contributed by atoms with Gasteiger partial charge in [0.05, 0.1) is 16.5 Å². The van der Waals surface area contributed by atoms with Crippen LogP contribution in [0.4, 0.5) is 10.2 Å². The third kappa shape index (κ3) is 7.50. The number of rotatable bonds is 10. The van der Waals surface area contributed by atoms with Gasteiger partial charge in [-0.2, -0.15) is 0 Å². The molecule has 0 aliphatic heterocycles. The fourth-order valence-corrected chi connectivity index (χ4v) is 6.00. The summed E-state index contributed by atoms with van der Waals surface area (Å²) in [5, 5.41) is 3.80. The molecule has 1 fully saturated rings. The van der Waals surface area contributed by atoms with Crippen molar-refractivity contribution in [3.05, 3.63) is 76.8 Å². The lowest BCUT2D eigenvalue weighted by atomic mass is 9.79. The van der Waals surface area contributed by atoms with Crippen LogP contribution in [0.3, 0.4) is 0 Å². The molecule has 1 aromatic carbocycles. The first-order valence-corrected chi connectivity index (χ1v) is 14.8. The molecule has 1 aliphatic carbocycles. The van der Waals surface area contributed by atoms with Crippen molar-refractivity contribution in [2.75, 3.05) is 16.8 Å². The van der Waals surface area contributed by atoms with E-state index < -0.39 is 9.84 Å². The molecule has 2 aromatic heterocycles. The third-order valence-electron chi connectivity index (χ3n) is 7.04. The van der Waals surface area contributed by atoms with Crippen molar-refractivity contribution in [1.29, 1.82) is 0 Å². The molecule has 0 saturated heterocycles. The quantitative estimate of drug-likeness (QED) is 0.315. The minimum Gasteiger partial charge on any atom is -0.366 e. The highest BCUT2D eigenvalue weighted by atomic mass is 35.5. The van der Waals surface area contributed by atoms with Gasteiger partial charge in [-0.25, -0.2) is 17.8 Å². The summed E-state index contributed by atoms with van der Waals surface area (Å²) >= 11 is 6.51. The van der Waals surface area contributed by atoms with E-state index in [-0.39, 0.29) is 11.6 Å². The Hall–Kier alpha value is -2.51. The molecule has 1 N–H and O–H groups in total. The fraction of sp³-hybridized carbons (Fsp3) is 0.429. The van der Waals surface area contributed by atoms with Crippen LogP contribution < -0.4 is 5.32 Å². The number of aromatic nitrogens is 2. The van der Waals surface area contributed by atoms with Crippen molar-refractivity contribution in [1.82, 2.24) is 9.97 Å². The Labute approximate surface area is 218 Å². The molecule has 1 saturated carbocycles. The summed E-state index contributed by atoms with van der Waals surface area (Å²) in [7, 11) is -2.89. The minimum absolute atomic E-state index is 0.230. The van der Waals surface area contributed by atoms with E-state index in [1.165, 1.54) is 12.1 Å². The Kier molecular flexibility index (Phi) is 8.96. The van der Waals surface area contributed by atoms with E-state index in [4.69, 9.17) is 16.6 Å². The number of benzene rings is 1. The lowest BCUT2D eigenvalue weighted by Crippen LogP contribution is -2.20. The van der Waals surface area contributed by atoms with E-state index in [0.29, 0.717) is 35.0 Å². The summed E-state index contributed by atoms with van der Waals surface area (Å²) < 4.78 is 37.1. The Morgan fingerprint density at radius 2 is 1.81 bits per heavy atom. The van der Waals surface area contributed by atoms with E-state index >= 15 is 0 Å². The molecular weight excluding hydrogens is 497 g/mol. The number of sulfone groups is 1. The zero-order valence-corrected chi connectivity index (χ0v) is 22.2. The van der Waals surface area contributed by atoms with Crippen molar-refractivity contribution in [3.63, 3.8) is 0 Å². The monoisotopic (exact) mass is 529 g/mol. The highest BCUT2D eigenvalue weighted by Crippen LogP contribution is 2.34. The highest BCUT2D eigenvalue weighted by molar-refractivity contribution is 7.91. The maximum absolute atomic E-state index is 13.5. The van der Waals surface area contributed by atoms with Gasteiger partial charge >= 0.3 is 0 Å². The van der Waals surface area contributed by atoms with Crippen LogP contribution >= 0.6 is 11.6 Å². The van der Waals surface area contributed by atoms with Crippen LogP contribution in [-0.4, -0.2) is 29.9 Å². The van der Waals surface area contributed by atoms with Crippen LogP contribution in [0.2, 0.25) is 5.02 Å². The van der Waals surface area contributed by atoms with E-state index in [9.17, 15) is 12.8 Å². The highest BCUT2D eigenvalue weighted by Gasteiger charge is 2.23. The first-order chi connectivity index (χ1) is 17.3. The van der Waals surface area contributed by atoms with Crippen molar-refractivity contribution < 1.29 is 12.8 Å². The Bertz CT molecular complexity index is 1280. The molecule has 1 aliphatic rings. The number of hydrogen-bond donors (Lipinski definition) is 1. The molecule has 5 nitrogen and oxygen atoms in total. The molecule has 8 heteroatoms. The first kappa shape index (κ1) is 26.6. The zero-order chi connectivity index (χ0) is 25.5. The van der Waals surface area contributed by atoms with Crippen LogP contribution in [0.25, 0.3) is 11.3 Å². The van der Waals surface area contributed by atoms with Crippen molar-refractivity contribution >= 4 is 27.3 Å². The van der Waals surface area contributed by atoms with E-state index in [1.807, 2.05) is 30.3 Å². The van der Waals surface area contributed by atoms with Gasteiger partial charge in [-0.15, -0.1) is 0 Å². The Morgan fingerprint density at radius 1 is 1.06 bits per heavy atom. The number of hydrogen-bond acceptors (Lipinski definition) is 5. The number of pyridine rings is 2. The van der Waals surface area contributed by atoms with Gasteiger partial charge in [0, 0.05) is 29.8 Å².